The first-order valence-corrected chi connectivity index (χ1v) is 5.40. The van der Waals surface area contributed by atoms with Crippen molar-refractivity contribution < 1.29 is 4.74 Å². The highest BCUT2D eigenvalue weighted by Gasteiger charge is 2.26. The first-order chi connectivity index (χ1) is 7.33. The Morgan fingerprint density at radius 2 is 2.47 bits per heavy atom. The van der Waals surface area contributed by atoms with Gasteiger partial charge < -0.3 is 9.30 Å². The SMILES string of the molecule is COCCn1cnnc1[C@@H]1CCCN1C. The predicted molar refractivity (Wildman–Crippen MR) is 56.5 cm³/mol. The van der Waals surface area contributed by atoms with E-state index in [2.05, 4.69) is 26.7 Å². The molecule has 1 aliphatic rings. The molecule has 0 N–H and O–H groups in total. The number of methoxy groups -OCH3 is 1. The molecule has 1 aliphatic heterocycles. The lowest BCUT2D eigenvalue weighted by atomic mass is 10.2. The van der Waals surface area contributed by atoms with E-state index in [-0.39, 0.29) is 0 Å². The first-order valence-electron chi connectivity index (χ1n) is 5.40. The third-order valence-corrected chi connectivity index (χ3v) is 3.00. The van der Waals surface area contributed by atoms with Gasteiger partial charge in [0.15, 0.2) is 0 Å². The average molecular weight is 210 g/mol. The van der Waals surface area contributed by atoms with Crippen molar-refractivity contribution in [2.45, 2.75) is 25.4 Å². The number of likely N-dealkylation sites (tertiary alicyclic amines) is 1. The van der Waals surface area contributed by atoms with Crippen LogP contribution in [0.2, 0.25) is 0 Å². The molecular weight excluding hydrogens is 192 g/mol. The van der Waals surface area contributed by atoms with E-state index in [0.717, 1.165) is 18.9 Å². The highest BCUT2D eigenvalue weighted by atomic mass is 16.5. The fraction of sp³-hybridized carbons (Fsp3) is 0.800. The van der Waals surface area contributed by atoms with E-state index in [4.69, 9.17) is 4.74 Å². The summed E-state index contributed by atoms with van der Waals surface area (Å²) >= 11 is 0. The summed E-state index contributed by atoms with van der Waals surface area (Å²) < 4.78 is 7.16. The van der Waals surface area contributed by atoms with Crippen molar-refractivity contribution in [2.24, 2.45) is 0 Å². The average Bonchev–Trinajstić information content (AvgIpc) is 2.82. The molecule has 1 atom stereocenters. The summed E-state index contributed by atoms with van der Waals surface area (Å²) in [5.74, 6) is 1.08. The molecule has 0 radical (unpaired) electrons. The third-order valence-electron chi connectivity index (χ3n) is 3.00. The number of aromatic nitrogens is 3. The van der Waals surface area contributed by atoms with Crippen LogP contribution in [0.1, 0.15) is 24.7 Å². The van der Waals surface area contributed by atoms with Crippen molar-refractivity contribution in [1.82, 2.24) is 19.7 Å². The Morgan fingerprint density at radius 3 is 3.13 bits per heavy atom. The highest BCUT2D eigenvalue weighted by Crippen LogP contribution is 2.28. The van der Waals surface area contributed by atoms with Crippen LogP contribution in [0.25, 0.3) is 0 Å². The molecule has 1 aromatic rings. The van der Waals surface area contributed by atoms with Crippen LogP contribution in [0.4, 0.5) is 0 Å². The van der Waals surface area contributed by atoms with E-state index >= 15 is 0 Å². The summed E-state index contributed by atoms with van der Waals surface area (Å²) in [6, 6.07) is 0.435. The molecule has 0 aromatic carbocycles. The Hall–Kier alpha value is -0.940. The van der Waals surface area contributed by atoms with Crippen molar-refractivity contribution in [2.75, 3.05) is 27.3 Å². The van der Waals surface area contributed by atoms with Gasteiger partial charge in [-0.3, -0.25) is 4.90 Å². The molecule has 1 saturated heterocycles. The molecule has 2 rings (SSSR count). The summed E-state index contributed by atoms with van der Waals surface area (Å²) in [5, 5.41) is 8.20. The van der Waals surface area contributed by atoms with E-state index in [0.29, 0.717) is 12.6 Å². The molecule has 15 heavy (non-hydrogen) atoms. The minimum Gasteiger partial charge on any atom is -0.383 e. The quantitative estimate of drug-likeness (QED) is 0.733. The molecule has 1 aromatic heterocycles. The van der Waals surface area contributed by atoms with E-state index in [1.165, 1.54) is 12.8 Å². The molecule has 0 bridgehead atoms. The van der Waals surface area contributed by atoms with Gasteiger partial charge in [-0.2, -0.15) is 0 Å². The van der Waals surface area contributed by atoms with Gasteiger partial charge in [0.1, 0.15) is 12.2 Å². The van der Waals surface area contributed by atoms with Gasteiger partial charge in [0.05, 0.1) is 12.6 Å². The van der Waals surface area contributed by atoms with Crippen LogP contribution >= 0.6 is 0 Å². The van der Waals surface area contributed by atoms with Gasteiger partial charge in [-0.15, -0.1) is 10.2 Å². The molecule has 0 amide bonds. The molecular formula is C10H18N4O. The monoisotopic (exact) mass is 210 g/mol. The van der Waals surface area contributed by atoms with Gasteiger partial charge in [0.25, 0.3) is 0 Å². The van der Waals surface area contributed by atoms with Crippen LogP contribution in [0.5, 0.6) is 0 Å². The zero-order valence-corrected chi connectivity index (χ0v) is 9.39. The second-order valence-corrected chi connectivity index (χ2v) is 4.01. The summed E-state index contributed by atoms with van der Waals surface area (Å²) in [7, 11) is 3.86. The molecule has 0 spiro atoms. The number of nitrogens with zero attached hydrogens (tertiary/aromatic N) is 4. The van der Waals surface area contributed by atoms with Crippen LogP contribution in [-0.4, -0.2) is 47.0 Å². The number of rotatable bonds is 4. The summed E-state index contributed by atoms with van der Waals surface area (Å²) in [6.45, 7) is 2.70. The number of hydrogen-bond donors (Lipinski definition) is 0. The third kappa shape index (κ3) is 2.18. The van der Waals surface area contributed by atoms with Gasteiger partial charge in [0, 0.05) is 13.7 Å². The summed E-state index contributed by atoms with van der Waals surface area (Å²) in [5.41, 5.74) is 0. The lowest BCUT2D eigenvalue weighted by Crippen LogP contribution is -2.21. The van der Waals surface area contributed by atoms with Gasteiger partial charge in [-0.25, -0.2) is 0 Å². The van der Waals surface area contributed by atoms with E-state index < -0.39 is 0 Å². The second kappa shape index (κ2) is 4.72. The molecule has 1 fully saturated rings. The maximum Gasteiger partial charge on any atom is 0.150 e. The molecule has 5 nitrogen and oxygen atoms in total. The van der Waals surface area contributed by atoms with E-state index in [9.17, 15) is 0 Å². The fourth-order valence-electron chi connectivity index (χ4n) is 2.12. The van der Waals surface area contributed by atoms with Crippen LogP contribution in [0.15, 0.2) is 6.33 Å². The van der Waals surface area contributed by atoms with Crippen LogP contribution in [0, 0.1) is 0 Å². The van der Waals surface area contributed by atoms with Gasteiger partial charge in [-0.05, 0) is 26.4 Å². The minimum absolute atomic E-state index is 0.435. The zero-order chi connectivity index (χ0) is 10.7. The fourth-order valence-corrected chi connectivity index (χ4v) is 2.12. The first kappa shape index (κ1) is 10.6. The van der Waals surface area contributed by atoms with Crippen molar-refractivity contribution in [1.29, 1.82) is 0 Å². The Morgan fingerprint density at radius 1 is 1.60 bits per heavy atom. The molecule has 0 saturated carbocycles. The van der Waals surface area contributed by atoms with Crippen LogP contribution in [-0.2, 0) is 11.3 Å². The van der Waals surface area contributed by atoms with Gasteiger partial charge >= 0.3 is 0 Å². The Balaban J connectivity index is 2.09. The maximum atomic E-state index is 5.07. The normalized spacial score (nSPS) is 22.4. The maximum absolute atomic E-state index is 5.07. The Labute approximate surface area is 90.0 Å². The lowest BCUT2D eigenvalue weighted by molar-refractivity contribution is 0.183. The summed E-state index contributed by atoms with van der Waals surface area (Å²) in [4.78, 5) is 2.34. The number of hydrogen-bond acceptors (Lipinski definition) is 4. The Bertz CT molecular complexity index is 312. The number of ether oxygens (including phenoxy) is 1. The molecule has 2 heterocycles. The largest absolute Gasteiger partial charge is 0.383 e. The van der Waals surface area contributed by atoms with Crippen molar-refractivity contribution in [3.05, 3.63) is 12.2 Å². The minimum atomic E-state index is 0.435. The zero-order valence-electron chi connectivity index (χ0n) is 9.39. The molecule has 84 valence electrons. The predicted octanol–water partition coefficient (Wildman–Crippen LogP) is 0.691. The molecule has 5 heteroatoms. The van der Waals surface area contributed by atoms with Gasteiger partial charge in [-0.1, -0.05) is 0 Å². The lowest BCUT2D eigenvalue weighted by Gasteiger charge is -2.19. The van der Waals surface area contributed by atoms with Crippen molar-refractivity contribution in [3.8, 4) is 0 Å². The van der Waals surface area contributed by atoms with Crippen LogP contribution in [0.3, 0.4) is 0 Å². The van der Waals surface area contributed by atoms with E-state index in [1.807, 2.05) is 0 Å². The molecule has 0 unspecified atom stereocenters. The standard InChI is InChI=1S/C10H18N4O/c1-13-5-3-4-9(13)10-12-11-8-14(10)6-7-15-2/h8-9H,3-7H2,1-2H3/t9-/m0/s1. The van der Waals surface area contributed by atoms with E-state index in [1.54, 1.807) is 13.4 Å². The summed E-state index contributed by atoms with van der Waals surface area (Å²) in [6.07, 6.45) is 4.22. The second-order valence-electron chi connectivity index (χ2n) is 4.01. The topological polar surface area (TPSA) is 43.2 Å². The smallest absolute Gasteiger partial charge is 0.150 e. The Kier molecular flexibility index (Phi) is 3.33. The highest BCUT2D eigenvalue weighted by molar-refractivity contribution is 4.98. The van der Waals surface area contributed by atoms with Gasteiger partial charge in [0.2, 0.25) is 0 Å². The molecule has 0 aliphatic carbocycles. The van der Waals surface area contributed by atoms with Crippen molar-refractivity contribution in [3.63, 3.8) is 0 Å². The van der Waals surface area contributed by atoms with Crippen molar-refractivity contribution >= 4 is 0 Å². The van der Waals surface area contributed by atoms with Crippen LogP contribution < -0.4 is 0 Å².